The zero-order chi connectivity index (χ0) is 15.3. The minimum absolute atomic E-state index is 0.00739. The van der Waals surface area contributed by atoms with Crippen LogP contribution < -0.4 is 0 Å². The molecule has 0 saturated carbocycles. The molecule has 0 bridgehead atoms. The summed E-state index contributed by atoms with van der Waals surface area (Å²) in [5.41, 5.74) is 0.591. The van der Waals surface area contributed by atoms with Crippen LogP contribution in [0, 0.1) is 3.57 Å². The van der Waals surface area contributed by atoms with E-state index in [0.717, 1.165) is 3.57 Å². The molecule has 0 spiro atoms. The minimum Gasteiger partial charge on any atom is -0.335 e. The molecule has 0 radical (unpaired) electrons. The number of sulfone groups is 1. The molecule has 0 aliphatic heterocycles. The SMILES string of the molecule is CCN(C(=O)c1ccc(I)cc1)C(C)CS(=O)(=O)CC. The van der Waals surface area contributed by atoms with Gasteiger partial charge >= 0.3 is 0 Å². The van der Waals surface area contributed by atoms with Crippen LogP contribution in [0.25, 0.3) is 0 Å². The average Bonchev–Trinajstić information content (AvgIpc) is 2.39. The predicted molar refractivity (Wildman–Crippen MR) is 89.7 cm³/mol. The van der Waals surface area contributed by atoms with E-state index in [2.05, 4.69) is 22.6 Å². The lowest BCUT2D eigenvalue weighted by Crippen LogP contribution is -2.42. The number of carbonyl (C=O) groups is 1. The molecule has 1 amide bonds. The van der Waals surface area contributed by atoms with Crippen LogP contribution >= 0.6 is 22.6 Å². The number of nitrogens with zero attached hydrogens (tertiary/aromatic N) is 1. The maximum absolute atomic E-state index is 12.4. The summed E-state index contributed by atoms with van der Waals surface area (Å²) < 4.78 is 24.4. The monoisotopic (exact) mass is 409 g/mol. The van der Waals surface area contributed by atoms with Crippen LogP contribution in [0.4, 0.5) is 0 Å². The van der Waals surface area contributed by atoms with Crippen LogP contribution in [0.1, 0.15) is 31.1 Å². The first-order valence-electron chi connectivity index (χ1n) is 6.57. The lowest BCUT2D eigenvalue weighted by Gasteiger charge is -2.28. The van der Waals surface area contributed by atoms with Gasteiger partial charge in [0.25, 0.3) is 5.91 Å². The first-order valence-corrected chi connectivity index (χ1v) is 9.47. The average molecular weight is 409 g/mol. The Morgan fingerprint density at radius 3 is 2.25 bits per heavy atom. The van der Waals surface area contributed by atoms with E-state index in [1.165, 1.54) is 0 Å². The Kier molecular flexibility index (Phi) is 6.44. The standard InChI is InChI=1S/C14H20INO3S/c1-4-16(11(3)10-20(18,19)5-2)14(17)12-6-8-13(15)9-7-12/h6-9,11H,4-5,10H2,1-3H3. The van der Waals surface area contributed by atoms with Crippen molar-refractivity contribution >= 4 is 38.3 Å². The molecule has 0 saturated heterocycles. The van der Waals surface area contributed by atoms with Crippen LogP contribution in [0.2, 0.25) is 0 Å². The molecule has 1 aromatic rings. The van der Waals surface area contributed by atoms with Crippen molar-refractivity contribution in [2.24, 2.45) is 0 Å². The first kappa shape index (κ1) is 17.4. The van der Waals surface area contributed by atoms with E-state index in [1.807, 2.05) is 19.1 Å². The molecule has 4 nitrogen and oxygen atoms in total. The second-order valence-corrected chi connectivity index (χ2v) is 8.29. The molecule has 1 atom stereocenters. The highest BCUT2D eigenvalue weighted by Crippen LogP contribution is 2.12. The third kappa shape index (κ3) is 4.73. The largest absolute Gasteiger partial charge is 0.335 e. The molecule has 6 heteroatoms. The van der Waals surface area contributed by atoms with Crippen molar-refractivity contribution < 1.29 is 13.2 Å². The summed E-state index contributed by atoms with van der Waals surface area (Å²) in [5.74, 6) is -0.0113. The van der Waals surface area contributed by atoms with E-state index < -0.39 is 9.84 Å². The Morgan fingerprint density at radius 2 is 1.80 bits per heavy atom. The zero-order valence-electron chi connectivity index (χ0n) is 12.0. The van der Waals surface area contributed by atoms with Gasteiger partial charge in [-0.2, -0.15) is 0 Å². The molecule has 1 aromatic carbocycles. The molecule has 0 heterocycles. The molecular weight excluding hydrogens is 389 g/mol. The van der Waals surface area contributed by atoms with Crippen LogP contribution in [0.5, 0.6) is 0 Å². The molecule has 0 N–H and O–H groups in total. The van der Waals surface area contributed by atoms with Gasteiger partial charge in [0.15, 0.2) is 9.84 Å². The van der Waals surface area contributed by atoms with Crippen molar-refractivity contribution in [2.75, 3.05) is 18.1 Å². The summed E-state index contributed by atoms with van der Waals surface area (Å²) >= 11 is 2.18. The van der Waals surface area contributed by atoms with Gasteiger partial charge in [-0.3, -0.25) is 4.79 Å². The minimum atomic E-state index is -3.09. The van der Waals surface area contributed by atoms with Gasteiger partial charge in [-0.25, -0.2) is 8.42 Å². The van der Waals surface area contributed by atoms with E-state index in [9.17, 15) is 13.2 Å². The van der Waals surface area contributed by atoms with Crippen molar-refractivity contribution in [2.45, 2.75) is 26.8 Å². The second kappa shape index (κ2) is 7.40. The number of amides is 1. The van der Waals surface area contributed by atoms with Crippen molar-refractivity contribution in [1.82, 2.24) is 4.90 Å². The summed E-state index contributed by atoms with van der Waals surface area (Å²) in [7, 11) is -3.09. The van der Waals surface area contributed by atoms with Crippen molar-refractivity contribution in [3.63, 3.8) is 0 Å². The predicted octanol–water partition coefficient (Wildman–Crippen LogP) is 2.58. The number of benzene rings is 1. The van der Waals surface area contributed by atoms with Gasteiger partial charge in [-0.15, -0.1) is 0 Å². The highest BCUT2D eigenvalue weighted by Gasteiger charge is 2.24. The zero-order valence-corrected chi connectivity index (χ0v) is 14.9. The van der Waals surface area contributed by atoms with Crippen LogP contribution in [0.3, 0.4) is 0 Å². The molecule has 1 rings (SSSR count). The molecule has 1 unspecified atom stereocenters. The smallest absolute Gasteiger partial charge is 0.254 e. The number of hydrogen-bond donors (Lipinski definition) is 0. The fraction of sp³-hybridized carbons (Fsp3) is 0.500. The van der Waals surface area contributed by atoms with Crippen LogP contribution in [-0.4, -0.2) is 43.3 Å². The number of hydrogen-bond acceptors (Lipinski definition) is 3. The van der Waals surface area contributed by atoms with Gasteiger partial charge in [0.1, 0.15) is 0 Å². The van der Waals surface area contributed by atoms with E-state index in [4.69, 9.17) is 0 Å². The summed E-state index contributed by atoms with van der Waals surface area (Å²) in [6, 6.07) is 6.96. The Hall–Kier alpha value is -0.630. The van der Waals surface area contributed by atoms with Gasteiger partial charge in [-0.1, -0.05) is 6.92 Å². The highest BCUT2D eigenvalue weighted by atomic mass is 127. The van der Waals surface area contributed by atoms with Gasteiger partial charge in [0.05, 0.1) is 5.75 Å². The van der Waals surface area contributed by atoms with Crippen molar-refractivity contribution in [3.8, 4) is 0 Å². The van der Waals surface area contributed by atoms with E-state index >= 15 is 0 Å². The molecule has 0 aromatic heterocycles. The molecule has 0 fully saturated rings. The lowest BCUT2D eigenvalue weighted by atomic mass is 10.2. The third-order valence-electron chi connectivity index (χ3n) is 3.16. The van der Waals surface area contributed by atoms with E-state index in [-0.39, 0.29) is 23.5 Å². The number of halogens is 1. The highest BCUT2D eigenvalue weighted by molar-refractivity contribution is 14.1. The lowest BCUT2D eigenvalue weighted by molar-refractivity contribution is 0.0719. The fourth-order valence-electron chi connectivity index (χ4n) is 1.99. The Morgan fingerprint density at radius 1 is 1.25 bits per heavy atom. The third-order valence-corrected chi connectivity index (χ3v) is 5.75. The Labute approximate surface area is 134 Å². The summed E-state index contributed by atoms with van der Waals surface area (Å²) in [5, 5.41) is 0. The maximum Gasteiger partial charge on any atom is 0.254 e. The fourth-order valence-corrected chi connectivity index (χ4v) is 3.50. The summed E-state index contributed by atoms with van der Waals surface area (Å²) in [6.07, 6.45) is 0. The van der Waals surface area contributed by atoms with Gasteiger partial charge in [0, 0.05) is 27.5 Å². The van der Waals surface area contributed by atoms with Gasteiger partial charge in [0.2, 0.25) is 0 Å². The molecule has 0 aliphatic carbocycles. The molecule has 0 aliphatic rings. The van der Waals surface area contributed by atoms with Gasteiger partial charge in [-0.05, 0) is 60.7 Å². The Balaban J connectivity index is 2.89. The van der Waals surface area contributed by atoms with E-state index in [0.29, 0.717) is 12.1 Å². The molecule has 112 valence electrons. The normalized spacial score (nSPS) is 13.0. The van der Waals surface area contributed by atoms with Crippen molar-refractivity contribution in [1.29, 1.82) is 0 Å². The molecule has 20 heavy (non-hydrogen) atoms. The topological polar surface area (TPSA) is 54.5 Å². The van der Waals surface area contributed by atoms with Crippen molar-refractivity contribution in [3.05, 3.63) is 33.4 Å². The summed E-state index contributed by atoms with van der Waals surface area (Å²) in [4.78, 5) is 14.0. The first-order chi connectivity index (χ1) is 9.30. The number of rotatable bonds is 6. The van der Waals surface area contributed by atoms with E-state index in [1.54, 1.807) is 30.9 Å². The quantitative estimate of drug-likeness (QED) is 0.679. The Bertz CT molecular complexity index is 554. The summed E-state index contributed by atoms with van der Waals surface area (Å²) in [6.45, 7) is 5.76. The number of carbonyl (C=O) groups excluding carboxylic acids is 1. The van der Waals surface area contributed by atoms with Crippen LogP contribution in [0.15, 0.2) is 24.3 Å². The maximum atomic E-state index is 12.4. The van der Waals surface area contributed by atoms with Gasteiger partial charge < -0.3 is 4.90 Å². The molecular formula is C14H20INO3S. The van der Waals surface area contributed by atoms with Crippen LogP contribution in [-0.2, 0) is 9.84 Å². The second-order valence-electron chi connectivity index (χ2n) is 4.65.